The zero-order valence-electron chi connectivity index (χ0n) is 9.14. The average Bonchev–Trinajstić information content (AvgIpc) is 2.27. The molecule has 1 aliphatic heterocycles. The van der Waals surface area contributed by atoms with Crippen LogP contribution in [0.3, 0.4) is 0 Å². The molecule has 1 atom stereocenters. The van der Waals surface area contributed by atoms with Crippen LogP contribution in [0.25, 0.3) is 0 Å². The van der Waals surface area contributed by atoms with E-state index in [-0.39, 0.29) is 6.10 Å². The van der Waals surface area contributed by atoms with Crippen LogP contribution in [0, 0.1) is 13.8 Å². The van der Waals surface area contributed by atoms with E-state index in [9.17, 15) is 0 Å². The fourth-order valence-electron chi connectivity index (χ4n) is 1.95. The summed E-state index contributed by atoms with van der Waals surface area (Å²) < 4.78 is 5.72. The minimum absolute atomic E-state index is 0.150. The SMILES string of the molecule is Cc1ccc(C2CNCCO2)c(C)c1Cl. The molecular formula is C12H16ClNO. The number of aryl methyl sites for hydroxylation is 1. The number of morpholine rings is 1. The highest BCUT2D eigenvalue weighted by molar-refractivity contribution is 6.32. The number of hydrogen-bond acceptors (Lipinski definition) is 2. The van der Waals surface area contributed by atoms with E-state index in [0.717, 1.165) is 35.8 Å². The summed E-state index contributed by atoms with van der Waals surface area (Å²) >= 11 is 6.23. The summed E-state index contributed by atoms with van der Waals surface area (Å²) in [6.45, 7) is 6.67. The van der Waals surface area contributed by atoms with Crippen LogP contribution in [0.1, 0.15) is 22.8 Å². The van der Waals surface area contributed by atoms with E-state index >= 15 is 0 Å². The fourth-order valence-corrected chi connectivity index (χ4v) is 2.12. The summed E-state index contributed by atoms with van der Waals surface area (Å²) in [6, 6.07) is 4.18. The van der Waals surface area contributed by atoms with Crippen LogP contribution in [-0.2, 0) is 4.74 Å². The van der Waals surface area contributed by atoms with Gasteiger partial charge in [-0.05, 0) is 30.5 Å². The van der Waals surface area contributed by atoms with E-state index in [4.69, 9.17) is 16.3 Å². The molecule has 0 aliphatic carbocycles. The number of nitrogens with one attached hydrogen (secondary N) is 1. The molecular weight excluding hydrogens is 210 g/mol. The molecule has 0 spiro atoms. The third kappa shape index (κ3) is 2.17. The molecule has 2 nitrogen and oxygen atoms in total. The van der Waals surface area contributed by atoms with E-state index in [1.807, 2.05) is 6.92 Å². The van der Waals surface area contributed by atoms with Crippen molar-refractivity contribution in [3.63, 3.8) is 0 Å². The molecule has 1 N–H and O–H groups in total. The summed E-state index contributed by atoms with van der Waals surface area (Å²) in [5, 5.41) is 4.19. The minimum Gasteiger partial charge on any atom is -0.371 e. The Labute approximate surface area is 95.6 Å². The fraction of sp³-hybridized carbons (Fsp3) is 0.500. The van der Waals surface area contributed by atoms with Gasteiger partial charge in [0, 0.05) is 18.1 Å². The first-order chi connectivity index (χ1) is 7.20. The maximum absolute atomic E-state index is 6.23. The predicted molar refractivity (Wildman–Crippen MR) is 62.5 cm³/mol. The largest absolute Gasteiger partial charge is 0.371 e. The number of halogens is 1. The maximum atomic E-state index is 6.23. The quantitative estimate of drug-likeness (QED) is 0.794. The van der Waals surface area contributed by atoms with Gasteiger partial charge in [-0.15, -0.1) is 0 Å². The molecule has 0 saturated carbocycles. The second-order valence-electron chi connectivity index (χ2n) is 3.97. The zero-order valence-corrected chi connectivity index (χ0v) is 9.90. The lowest BCUT2D eigenvalue weighted by atomic mass is 10.0. The third-order valence-corrected chi connectivity index (χ3v) is 3.48. The van der Waals surface area contributed by atoms with Crippen LogP contribution >= 0.6 is 11.6 Å². The second-order valence-corrected chi connectivity index (χ2v) is 4.35. The van der Waals surface area contributed by atoms with Crippen molar-refractivity contribution in [3.05, 3.63) is 33.8 Å². The lowest BCUT2D eigenvalue weighted by molar-refractivity contribution is 0.0273. The van der Waals surface area contributed by atoms with Crippen LogP contribution in [0.15, 0.2) is 12.1 Å². The summed E-state index contributed by atoms with van der Waals surface area (Å²) in [7, 11) is 0. The zero-order chi connectivity index (χ0) is 10.8. The molecule has 0 aromatic heterocycles. The Bertz CT molecular complexity index is 359. The Morgan fingerprint density at radius 3 is 2.87 bits per heavy atom. The molecule has 2 rings (SSSR count). The minimum atomic E-state index is 0.150. The number of rotatable bonds is 1. The van der Waals surface area contributed by atoms with E-state index in [1.54, 1.807) is 0 Å². The molecule has 0 bridgehead atoms. The number of benzene rings is 1. The van der Waals surface area contributed by atoms with Gasteiger partial charge in [0.25, 0.3) is 0 Å². The lowest BCUT2D eigenvalue weighted by Gasteiger charge is -2.25. The highest BCUT2D eigenvalue weighted by Gasteiger charge is 2.18. The van der Waals surface area contributed by atoms with E-state index < -0.39 is 0 Å². The van der Waals surface area contributed by atoms with E-state index in [0.29, 0.717) is 0 Å². The first-order valence-electron chi connectivity index (χ1n) is 5.28. The van der Waals surface area contributed by atoms with Crippen LogP contribution in [0.4, 0.5) is 0 Å². The average molecular weight is 226 g/mol. The Kier molecular flexibility index (Phi) is 3.29. The highest BCUT2D eigenvalue weighted by Crippen LogP contribution is 2.29. The Morgan fingerprint density at radius 1 is 1.40 bits per heavy atom. The molecule has 82 valence electrons. The van der Waals surface area contributed by atoms with Gasteiger partial charge in [-0.1, -0.05) is 23.7 Å². The molecule has 1 aromatic rings. The smallest absolute Gasteiger partial charge is 0.0952 e. The van der Waals surface area contributed by atoms with Gasteiger partial charge < -0.3 is 10.1 Å². The predicted octanol–water partition coefficient (Wildman–Crippen LogP) is 2.62. The second kappa shape index (κ2) is 4.52. The topological polar surface area (TPSA) is 21.3 Å². The van der Waals surface area contributed by atoms with Gasteiger partial charge in [-0.25, -0.2) is 0 Å². The molecule has 0 radical (unpaired) electrons. The Balaban J connectivity index is 2.31. The van der Waals surface area contributed by atoms with Gasteiger partial charge in [-0.2, -0.15) is 0 Å². The lowest BCUT2D eigenvalue weighted by Crippen LogP contribution is -2.33. The van der Waals surface area contributed by atoms with Crippen molar-refractivity contribution in [2.75, 3.05) is 19.7 Å². The van der Waals surface area contributed by atoms with Gasteiger partial charge in [0.2, 0.25) is 0 Å². The van der Waals surface area contributed by atoms with E-state index in [2.05, 4.69) is 24.4 Å². The van der Waals surface area contributed by atoms with Crippen LogP contribution < -0.4 is 5.32 Å². The normalized spacial score (nSPS) is 21.7. The molecule has 1 aliphatic rings. The molecule has 15 heavy (non-hydrogen) atoms. The van der Waals surface area contributed by atoms with Gasteiger partial charge in [0.05, 0.1) is 12.7 Å². The summed E-state index contributed by atoms with van der Waals surface area (Å²) in [6.07, 6.45) is 0.150. The summed E-state index contributed by atoms with van der Waals surface area (Å²) in [5.74, 6) is 0. The van der Waals surface area contributed by atoms with Crippen molar-refractivity contribution in [3.8, 4) is 0 Å². The molecule has 3 heteroatoms. The van der Waals surface area contributed by atoms with Gasteiger partial charge in [0.1, 0.15) is 0 Å². The van der Waals surface area contributed by atoms with Gasteiger partial charge in [-0.3, -0.25) is 0 Å². The van der Waals surface area contributed by atoms with Crippen LogP contribution in [0.5, 0.6) is 0 Å². The molecule has 1 heterocycles. The number of hydrogen-bond donors (Lipinski definition) is 1. The van der Waals surface area contributed by atoms with Crippen molar-refractivity contribution in [1.82, 2.24) is 5.32 Å². The van der Waals surface area contributed by atoms with Crippen molar-refractivity contribution < 1.29 is 4.74 Å². The molecule has 1 unspecified atom stereocenters. The summed E-state index contributed by atoms with van der Waals surface area (Å²) in [4.78, 5) is 0. The molecule has 1 fully saturated rings. The molecule has 0 amide bonds. The maximum Gasteiger partial charge on any atom is 0.0952 e. The summed E-state index contributed by atoms with van der Waals surface area (Å²) in [5.41, 5.74) is 3.48. The van der Waals surface area contributed by atoms with Gasteiger partial charge in [0.15, 0.2) is 0 Å². The van der Waals surface area contributed by atoms with Crippen molar-refractivity contribution in [1.29, 1.82) is 0 Å². The van der Waals surface area contributed by atoms with Crippen molar-refractivity contribution in [2.45, 2.75) is 20.0 Å². The highest BCUT2D eigenvalue weighted by atomic mass is 35.5. The molecule has 1 aromatic carbocycles. The first-order valence-corrected chi connectivity index (χ1v) is 5.66. The molecule has 1 saturated heterocycles. The van der Waals surface area contributed by atoms with E-state index in [1.165, 1.54) is 5.56 Å². The standard InChI is InChI=1S/C12H16ClNO/c1-8-3-4-10(9(2)12(8)13)11-7-14-5-6-15-11/h3-4,11,14H,5-7H2,1-2H3. The van der Waals surface area contributed by atoms with Crippen LogP contribution in [-0.4, -0.2) is 19.7 Å². The van der Waals surface area contributed by atoms with Crippen molar-refractivity contribution >= 4 is 11.6 Å². The Hall–Kier alpha value is -0.570. The first kappa shape index (κ1) is 10.9. The number of ether oxygens (including phenoxy) is 1. The Morgan fingerprint density at radius 2 is 2.20 bits per heavy atom. The monoisotopic (exact) mass is 225 g/mol. The van der Waals surface area contributed by atoms with Crippen LogP contribution in [0.2, 0.25) is 5.02 Å². The van der Waals surface area contributed by atoms with Crippen molar-refractivity contribution in [2.24, 2.45) is 0 Å². The third-order valence-electron chi connectivity index (χ3n) is 2.90. The van der Waals surface area contributed by atoms with Gasteiger partial charge >= 0.3 is 0 Å².